The topological polar surface area (TPSA) is 152 Å². The molecule has 8 atom stereocenters. The fraction of sp³-hybridized carbons (Fsp3) is 1.00. The Balaban J connectivity index is 1.17. The molecule has 1 saturated heterocycles. The Morgan fingerprint density at radius 1 is 0.583 bits per heavy atom. The van der Waals surface area contributed by atoms with Crippen molar-refractivity contribution < 1.29 is 44.5 Å². The first-order chi connectivity index (χ1) is 29.1. The van der Waals surface area contributed by atoms with Gasteiger partial charge >= 0.3 is 0 Å². The van der Waals surface area contributed by atoms with Gasteiger partial charge in [0.25, 0.3) is 0 Å². The van der Waals surface area contributed by atoms with Gasteiger partial charge in [-0.3, -0.25) is 0 Å². The van der Waals surface area contributed by atoms with Crippen LogP contribution in [0.1, 0.15) is 238 Å². The molecule has 3 aliphatic carbocycles. The second kappa shape index (κ2) is 32.3. The highest BCUT2D eigenvalue weighted by Crippen LogP contribution is 2.71. The maximum atomic E-state index is 13.6. The standard InChI is InChI=1S/C50H96FNO8/c1-2-3-4-5-6-7-8-18-21-24-27-30-33-42(54)44(55)41(37-59-48-47(58)46(57)45(56)43(36-53)60-48)52-35-32-29-26-23-20-17-15-13-11-9-10-12-14-16-19-22-25-28-31-34-49-38-50(51,39-49)40-49/h41-48,52-58H,2-40H2,1H3/t41?,42?,43-,44?,45+,46+,47-,48+,49?,50?/m1/s1. The number of alkyl halides is 1. The van der Waals surface area contributed by atoms with E-state index in [9.17, 15) is 35.0 Å². The normalized spacial score (nSPS) is 27.7. The summed E-state index contributed by atoms with van der Waals surface area (Å²) in [6.45, 7) is 2.28. The van der Waals surface area contributed by atoms with Crippen LogP contribution in [0.3, 0.4) is 0 Å². The molecule has 1 heterocycles. The monoisotopic (exact) mass is 858 g/mol. The van der Waals surface area contributed by atoms with Gasteiger partial charge in [-0.15, -0.1) is 0 Å². The minimum atomic E-state index is -1.54. The van der Waals surface area contributed by atoms with Gasteiger partial charge in [-0.1, -0.05) is 200 Å². The van der Waals surface area contributed by atoms with Crippen molar-refractivity contribution in [3.63, 3.8) is 0 Å². The van der Waals surface area contributed by atoms with E-state index in [1.807, 2.05) is 0 Å². The maximum absolute atomic E-state index is 13.6. The predicted octanol–water partition coefficient (Wildman–Crippen LogP) is 10.3. The van der Waals surface area contributed by atoms with Gasteiger partial charge in [0.15, 0.2) is 6.29 Å². The van der Waals surface area contributed by atoms with Gasteiger partial charge < -0.3 is 45.4 Å². The number of rotatable bonds is 42. The van der Waals surface area contributed by atoms with Crippen molar-refractivity contribution in [2.75, 3.05) is 19.8 Å². The van der Waals surface area contributed by atoms with Crippen LogP contribution in [0.5, 0.6) is 0 Å². The minimum absolute atomic E-state index is 0.0776. The third kappa shape index (κ3) is 21.5. The van der Waals surface area contributed by atoms with E-state index in [4.69, 9.17) is 9.47 Å². The lowest BCUT2D eigenvalue weighted by Crippen LogP contribution is -2.64. The van der Waals surface area contributed by atoms with Crippen molar-refractivity contribution in [3.05, 3.63) is 0 Å². The van der Waals surface area contributed by atoms with E-state index in [2.05, 4.69) is 12.2 Å². The van der Waals surface area contributed by atoms with Gasteiger partial charge in [0.1, 0.15) is 30.1 Å². The van der Waals surface area contributed by atoms with Crippen LogP contribution in [0, 0.1) is 5.41 Å². The summed E-state index contributed by atoms with van der Waals surface area (Å²) in [5.41, 5.74) is -0.285. The highest BCUT2D eigenvalue weighted by molar-refractivity contribution is 5.18. The zero-order chi connectivity index (χ0) is 43.3. The van der Waals surface area contributed by atoms with E-state index in [0.717, 1.165) is 51.4 Å². The Bertz CT molecular complexity index is 1000. The molecule has 9 nitrogen and oxygen atoms in total. The molecule has 3 saturated carbocycles. The lowest BCUT2D eigenvalue weighted by molar-refractivity contribution is -0.303. The summed E-state index contributed by atoms with van der Waals surface area (Å²) < 4.78 is 25.0. The van der Waals surface area contributed by atoms with Crippen LogP contribution < -0.4 is 5.32 Å². The lowest BCUT2D eigenvalue weighted by atomic mass is 9.41. The first-order valence-corrected chi connectivity index (χ1v) is 25.8. The fourth-order valence-electron chi connectivity index (χ4n) is 10.4. The van der Waals surface area contributed by atoms with Crippen LogP contribution in [0.15, 0.2) is 0 Å². The number of nitrogens with one attached hydrogen (secondary N) is 1. The van der Waals surface area contributed by atoms with Crippen LogP contribution in [0.2, 0.25) is 0 Å². The third-order valence-electron chi connectivity index (χ3n) is 14.3. The van der Waals surface area contributed by atoms with E-state index in [1.54, 1.807) is 0 Å². The van der Waals surface area contributed by atoms with Crippen LogP contribution in [-0.4, -0.2) is 105 Å². The number of ether oxygens (including phenoxy) is 2. The van der Waals surface area contributed by atoms with E-state index >= 15 is 0 Å². The average molecular weight is 858 g/mol. The second-order valence-electron chi connectivity index (χ2n) is 20.0. The van der Waals surface area contributed by atoms with Crippen molar-refractivity contribution in [1.82, 2.24) is 5.32 Å². The molecule has 356 valence electrons. The van der Waals surface area contributed by atoms with Crippen molar-refractivity contribution in [2.45, 2.75) is 293 Å². The molecule has 0 amide bonds. The molecule has 0 aromatic carbocycles. The van der Waals surface area contributed by atoms with Crippen molar-refractivity contribution in [2.24, 2.45) is 5.41 Å². The SMILES string of the molecule is CCCCCCCCCCCCCCC(O)C(O)C(CO[C@H]1O[C@H](CO)[C@H](O)[C@H](O)[C@H]1O)NCCCCCCCCCCCCCCCCCCCCCC12CC(F)(C1)C2. The number of halogens is 1. The van der Waals surface area contributed by atoms with Crippen LogP contribution in [-0.2, 0) is 9.47 Å². The summed E-state index contributed by atoms with van der Waals surface area (Å²) in [5, 5.41) is 65.9. The molecule has 10 heteroatoms. The van der Waals surface area contributed by atoms with Gasteiger partial charge in [-0.25, -0.2) is 4.39 Å². The van der Waals surface area contributed by atoms with Gasteiger partial charge in [-0.2, -0.15) is 0 Å². The largest absolute Gasteiger partial charge is 0.394 e. The molecule has 0 spiro atoms. The van der Waals surface area contributed by atoms with Crippen LogP contribution >= 0.6 is 0 Å². The van der Waals surface area contributed by atoms with Crippen molar-refractivity contribution in [3.8, 4) is 0 Å². The maximum Gasteiger partial charge on any atom is 0.186 e. The Kier molecular flexibility index (Phi) is 29.0. The zero-order valence-electron chi connectivity index (χ0n) is 38.6. The third-order valence-corrected chi connectivity index (χ3v) is 14.3. The summed E-state index contributed by atoms with van der Waals surface area (Å²) >= 11 is 0. The molecule has 4 rings (SSSR count). The Morgan fingerprint density at radius 2 is 1.00 bits per heavy atom. The highest BCUT2D eigenvalue weighted by Gasteiger charge is 2.68. The zero-order valence-corrected chi connectivity index (χ0v) is 38.6. The molecule has 3 unspecified atom stereocenters. The van der Waals surface area contributed by atoms with E-state index in [1.165, 1.54) is 173 Å². The Labute approximate surface area is 366 Å². The van der Waals surface area contributed by atoms with Gasteiger partial charge in [0.05, 0.1) is 31.5 Å². The number of hydrogen-bond acceptors (Lipinski definition) is 9. The first kappa shape index (κ1) is 53.9. The van der Waals surface area contributed by atoms with E-state index in [-0.39, 0.29) is 6.61 Å². The predicted molar refractivity (Wildman–Crippen MR) is 242 cm³/mol. The molecule has 60 heavy (non-hydrogen) atoms. The summed E-state index contributed by atoms with van der Waals surface area (Å²) in [5.74, 6) is 0. The number of unbranched alkanes of at least 4 members (excludes halogenated alkanes) is 29. The quantitative estimate of drug-likeness (QED) is 0.0298. The first-order valence-electron chi connectivity index (χ1n) is 25.8. The Morgan fingerprint density at radius 3 is 1.43 bits per heavy atom. The number of hydrogen-bond donors (Lipinski definition) is 7. The molecule has 1 aliphatic heterocycles. The molecule has 0 aromatic heterocycles. The molecule has 7 N–H and O–H groups in total. The molecule has 4 aliphatic rings. The molecule has 0 aromatic rings. The van der Waals surface area contributed by atoms with Crippen molar-refractivity contribution in [1.29, 1.82) is 0 Å². The minimum Gasteiger partial charge on any atom is -0.394 e. The molecule has 2 bridgehead atoms. The second-order valence-corrected chi connectivity index (χ2v) is 20.0. The smallest absolute Gasteiger partial charge is 0.186 e. The summed E-state index contributed by atoms with van der Waals surface area (Å²) in [7, 11) is 0. The average Bonchev–Trinajstić information content (AvgIpc) is 3.22. The number of aliphatic hydroxyl groups excluding tert-OH is 6. The van der Waals surface area contributed by atoms with Gasteiger partial charge in [0, 0.05) is 0 Å². The van der Waals surface area contributed by atoms with E-state index < -0.39 is 61.2 Å². The molecule has 0 radical (unpaired) electrons. The van der Waals surface area contributed by atoms with Gasteiger partial charge in [0.2, 0.25) is 0 Å². The number of aliphatic hydroxyl groups is 6. The molecule has 4 fully saturated rings. The van der Waals surface area contributed by atoms with Gasteiger partial charge in [-0.05, 0) is 50.5 Å². The molecular formula is C50H96FNO8. The lowest BCUT2D eigenvalue weighted by Gasteiger charge is -2.66. The molecular weight excluding hydrogens is 762 g/mol. The Hall–Kier alpha value is -0.430. The van der Waals surface area contributed by atoms with Crippen LogP contribution in [0.4, 0.5) is 4.39 Å². The van der Waals surface area contributed by atoms with Crippen LogP contribution in [0.25, 0.3) is 0 Å². The van der Waals surface area contributed by atoms with E-state index in [0.29, 0.717) is 18.4 Å². The van der Waals surface area contributed by atoms with Crippen molar-refractivity contribution >= 4 is 0 Å². The summed E-state index contributed by atoms with van der Waals surface area (Å²) in [4.78, 5) is 0. The highest BCUT2D eigenvalue weighted by atomic mass is 19.1. The fourth-order valence-corrected chi connectivity index (χ4v) is 10.4. The summed E-state index contributed by atoms with van der Waals surface area (Å²) in [6, 6.07) is -0.620. The summed E-state index contributed by atoms with van der Waals surface area (Å²) in [6.07, 6.45) is 34.9.